The number of carboxylic acid groups (broad SMARTS) is 1. The second kappa shape index (κ2) is 5.06. The Kier molecular flexibility index (Phi) is 3.77. The largest absolute Gasteiger partial charge is 0.479 e. The van der Waals surface area contributed by atoms with Gasteiger partial charge in [0.25, 0.3) is 0 Å². The number of nitrogens with one attached hydrogen (secondary N) is 1. The number of benzene rings is 1. The van der Waals surface area contributed by atoms with Crippen molar-refractivity contribution in [1.82, 2.24) is 5.32 Å². The fourth-order valence-electron chi connectivity index (χ4n) is 1.21. The van der Waals surface area contributed by atoms with Crippen LogP contribution in [-0.4, -0.2) is 28.8 Å². The lowest BCUT2D eigenvalue weighted by molar-refractivity contribution is -0.140. The number of amides is 1. The Labute approximate surface area is 92.1 Å². The first-order valence-corrected chi connectivity index (χ1v) is 4.61. The van der Waals surface area contributed by atoms with Gasteiger partial charge in [0.05, 0.1) is 0 Å². The van der Waals surface area contributed by atoms with E-state index in [1.807, 2.05) is 0 Å². The molecular formula is C11H11NO4. The molecule has 1 rings (SSSR count). The molecule has 0 saturated carbocycles. The summed E-state index contributed by atoms with van der Waals surface area (Å²) >= 11 is 0. The number of carboxylic acids is 1. The molecule has 1 aromatic carbocycles. The smallest absolute Gasteiger partial charge is 0.334 e. The van der Waals surface area contributed by atoms with Crippen LogP contribution in [0.1, 0.15) is 17.3 Å². The Balaban J connectivity index is 2.92. The van der Waals surface area contributed by atoms with Gasteiger partial charge in [0, 0.05) is 12.5 Å². The summed E-state index contributed by atoms with van der Waals surface area (Å²) in [6.45, 7) is 1.16. The molecule has 0 aliphatic carbocycles. The predicted molar refractivity (Wildman–Crippen MR) is 56.0 cm³/mol. The van der Waals surface area contributed by atoms with Crippen LogP contribution in [0, 0.1) is 0 Å². The minimum atomic E-state index is -1.53. The van der Waals surface area contributed by atoms with Crippen molar-refractivity contribution in [2.24, 2.45) is 0 Å². The van der Waals surface area contributed by atoms with E-state index in [2.05, 4.69) is 5.32 Å². The van der Waals surface area contributed by atoms with Gasteiger partial charge in [0.2, 0.25) is 5.91 Å². The summed E-state index contributed by atoms with van der Waals surface area (Å²) in [5, 5.41) is 10.9. The van der Waals surface area contributed by atoms with Crippen molar-refractivity contribution in [3.05, 3.63) is 35.9 Å². The fraction of sp³-hybridized carbons (Fsp3) is 0.182. The summed E-state index contributed by atoms with van der Waals surface area (Å²) in [5.41, 5.74) is 0.253. The number of ketones is 1. The lowest BCUT2D eigenvalue weighted by atomic mass is 10.0. The number of carbonyl (C=O) groups excluding carboxylic acids is 2. The highest BCUT2D eigenvalue weighted by Gasteiger charge is 2.27. The molecule has 1 atom stereocenters. The molecular weight excluding hydrogens is 210 g/mol. The minimum Gasteiger partial charge on any atom is -0.479 e. The van der Waals surface area contributed by atoms with Crippen LogP contribution in [0.3, 0.4) is 0 Å². The van der Waals surface area contributed by atoms with E-state index in [0.717, 1.165) is 6.92 Å². The maximum Gasteiger partial charge on any atom is 0.334 e. The second-order valence-corrected chi connectivity index (χ2v) is 3.20. The van der Waals surface area contributed by atoms with E-state index in [4.69, 9.17) is 5.11 Å². The number of Topliss-reactive ketones (excluding diaryl/α,β-unsaturated/α-hetero) is 1. The molecule has 0 spiro atoms. The minimum absolute atomic E-state index is 0.253. The Morgan fingerprint density at radius 2 is 1.75 bits per heavy atom. The third-order valence-electron chi connectivity index (χ3n) is 1.92. The fourth-order valence-corrected chi connectivity index (χ4v) is 1.21. The zero-order valence-electron chi connectivity index (χ0n) is 8.64. The maximum absolute atomic E-state index is 11.7. The summed E-state index contributed by atoms with van der Waals surface area (Å²) in [6, 6.07) is 6.44. The Hall–Kier alpha value is -2.17. The summed E-state index contributed by atoms with van der Waals surface area (Å²) in [6.07, 6.45) is 0. The van der Waals surface area contributed by atoms with Gasteiger partial charge in [-0.3, -0.25) is 9.59 Å². The molecule has 5 heteroatoms. The van der Waals surface area contributed by atoms with Gasteiger partial charge in [-0.1, -0.05) is 30.3 Å². The van der Waals surface area contributed by atoms with Gasteiger partial charge in [0.1, 0.15) is 0 Å². The van der Waals surface area contributed by atoms with Crippen LogP contribution in [0.2, 0.25) is 0 Å². The standard InChI is InChI=1S/C11H11NO4/c1-7(13)12-9(11(15)16)10(14)8-5-3-2-4-6-8/h2-6,9H,1H3,(H,12,13)(H,15,16)/t9-/m0/s1. The van der Waals surface area contributed by atoms with Gasteiger partial charge in [-0.2, -0.15) is 0 Å². The highest BCUT2D eigenvalue weighted by molar-refractivity contribution is 6.13. The van der Waals surface area contributed by atoms with Gasteiger partial charge < -0.3 is 10.4 Å². The molecule has 0 aromatic heterocycles. The van der Waals surface area contributed by atoms with Crippen LogP contribution >= 0.6 is 0 Å². The van der Waals surface area contributed by atoms with Crippen LogP contribution in [0.15, 0.2) is 30.3 Å². The quantitative estimate of drug-likeness (QED) is 0.571. The molecule has 0 radical (unpaired) electrons. The molecule has 0 saturated heterocycles. The van der Waals surface area contributed by atoms with E-state index < -0.39 is 23.7 Å². The second-order valence-electron chi connectivity index (χ2n) is 3.20. The first-order chi connectivity index (χ1) is 7.52. The molecule has 2 N–H and O–H groups in total. The molecule has 1 amide bonds. The number of hydrogen-bond acceptors (Lipinski definition) is 3. The van der Waals surface area contributed by atoms with Crippen molar-refractivity contribution in [2.45, 2.75) is 13.0 Å². The van der Waals surface area contributed by atoms with Crippen LogP contribution in [0.5, 0.6) is 0 Å². The average Bonchev–Trinajstić information content (AvgIpc) is 2.25. The average molecular weight is 221 g/mol. The lowest BCUT2D eigenvalue weighted by Gasteiger charge is -2.11. The number of aliphatic carboxylic acids is 1. The molecule has 0 unspecified atom stereocenters. The summed E-state index contributed by atoms with van der Waals surface area (Å²) in [7, 11) is 0. The van der Waals surface area contributed by atoms with E-state index in [-0.39, 0.29) is 5.56 Å². The lowest BCUT2D eigenvalue weighted by Crippen LogP contribution is -2.45. The van der Waals surface area contributed by atoms with Gasteiger partial charge in [-0.15, -0.1) is 0 Å². The van der Waals surface area contributed by atoms with E-state index in [1.54, 1.807) is 18.2 Å². The molecule has 0 aliphatic heterocycles. The maximum atomic E-state index is 11.7. The van der Waals surface area contributed by atoms with Gasteiger partial charge >= 0.3 is 5.97 Å². The van der Waals surface area contributed by atoms with E-state index >= 15 is 0 Å². The summed E-state index contributed by atoms with van der Waals surface area (Å²) < 4.78 is 0. The molecule has 0 fully saturated rings. The number of rotatable bonds is 4. The van der Waals surface area contributed by atoms with Crippen molar-refractivity contribution in [3.8, 4) is 0 Å². The molecule has 0 aliphatic rings. The molecule has 1 aromatic rings. The van der Waals surface area contributed by atoms with E-state index in [9.17, 15) is 14.4 Å². The van der Waals surface area contributed by atoms with Crippen molar-refractivity contribution in [3.63, 3.8) is 0 Å². The zero-order chi connectivity index (χ0) is 12.1. The predicted octanol–water partition coefficient (Wildman–Crippen LogP) is 0.459. The normalized spacial score (nSPS) is 11.6. The first-order valence-electron chi connectivity index (χ1n) is 4.61. The van der Waals surface area contributed by atoms with Gasteiger partial charge in [-0.05, 0) is 0 Å². The van der Waals surface area contributed by atoms with Crippen molar-refractivity contribution in [1.29, 1.82) is 0 Å². The highest BCUT2D eigenvalue weighted by atomic mass is 16.4. The molecule has 5 nitrogen and oxygen atoms in total. The highest BCUT2D eigenvalue weighted by Crippen LogP contribution is 2.03. The monoisotopic (exact) mass is 221 g/mol. The molecule has 0 bridgehead atoms. The topological polar surface area (TPSA) is 83.5 Å². The summed E-state index contributed by atoms with van der Waals surface area (Å²) in [5.74, 6) is -2.57. The third-order valence-corrected chi connectivity index (χ3v) is 1.92. The van der Waals surface area contributed by atoms with Crippen LogP contribution < -0.4 is 5.32 Å². The molecule has 0 heterocycles. The van der Waals surface area contributed by atoms with E-state index in [1.165, 1.54) is 12.1 Å². The zero-order valence-corrected chi connectivity index (χ0v) is 8.64. The van der Waals surface area contributed by atoms with Crippen molar-refractivity contribution >= 4 is 17.7 Å². The van der Waals surface area contributed by atoms with Gasteiger partial charge in [-0.25, -0.2) is 4.79 Å². The van der Waals surface area contributed by atoms with E-state index in [0.29, 0.717) is 0 Å². The SMILES string of the molecule is CC(=O)N[C@H](C(=O)O)C(=O)c1ccccc1. The van der Waals surface area contributed by atoms with Crippen LogP contribution in [0.4, 0.5) is 0 Å². The van der Waals surface area contributed by atoms with Gasteiger partial charge in [0.15, 0.2) is 11.8 Å². The first kappa shape index (κ1) is 11.9. The van der Waals surface area contributed by atoms with Crippen LogP contribution in [0.25, 0.3) is 0 Å². The third kappa shape index (κ3) is 2.91. The van der Waals surface area contributed by atoms with Crippen LogP contribution in [-0.2, 0) is 9.59 Å². The Bertz CT molecular complexity index is 413. The molecule has 16 heavy (non-hydrogen) atoms. The number of carbonyl (C=O) groups is 3. The number of hydrogen-bond donors (Lipinski definition) is 2. The Morgan fingerprint density at radius 1 is 1.19 bits per heavy atom. The Morgan fingerprint density at radius 3 is 2.19 bits per heavy atom. The summed E-state index contributed by atoms with van der Waals surface area (Å²) in [4.78, 5) is 33.3. The molecule has 84 valence electrons. The van der Waals surface area contributed by atoms with Crippen molar-refractivity contribution in [2.75, 3.05) is 0 Å². The van der Waals surface area contributed by atoms with Crippen molar-refractivity contribution < 1.29 is 19.5 Å².